The van der Waals surface area contributed by atoms with Gasteiger partial charge in [-0.1, -0.05) is 6.07 Å². The fraction of sp³-hybridized carbons (Fsp3) is 0.286. The van der Waals surface area contributed by atoms with Crippen molar-refractivity contribution in [3.63, 3.8) is 0 Å². The van der Waals surface area contributed by atoms with Crippen molar-refractivity contribution in [2.45, 2.75) is 12.5 Å². The van der Waals surface area contributed by atoms with Crippen LogP contribution in [0.1, 0.15) is 16.8 Å². The Bertz CT molecular complexity index is 995. The number of rotatable bonds is 5. The number of amides is 1. The van der Waals surface area contributed by atoms with Crippen molar-refractivity contribution in [2.75, 3.05) is 32.2 Å². The average Bonchev–Trinajstić information content (AvgIpc) is 3.35. The van der Waals surface area contributed by atoms with Crippen LogP contribution in [0.25, 0.3) is 10.9 Å². The number of aromatic amines is 1. The predicted molar refractivity (Wildman–Crippen MR) is 106 cm³/mol. The highest BCUT2D eigenvalue weighted by atomic mass is 19.1. The van der Waals surface area contributed by atoms with E-state index in [0.29, 0.717) is 23.0 Å². The number of H-pyrrole nitrogens is 1. The lowest BCUT2D eigenvalue weighted by Gasteiger charge is -2.20. The molecule has 2 aromatic carbocycles. The Morgan fingerprint density at radius 2 is 1.96 bits per heavy atom. The number of methoxy groups -OCH3 is 2. The second kappa shape index (κ2) is 7.42. The molecule has 0 unspecified atom stereocenters. The van der Waals surface area contributed by atoms with E-state index in [-0.39, 0.29) is 11.9 Å². The topological polar surface area (TPSA) is 66.6 Å². The molecule has 1 atom stereocenters. The zero-order chi connectivity index (χ0) is 19.7. The zero-order valence-corrected chi connectivity index (χ0v) is 15.8. The molecule has 1 aromatic heterocycles. The van der Waals surface area contributed by atoms with Gasteiger partial charge in [0.2, 0.25) is 0 Å². The fourth-order valence-corrected chi connectivity index (χ4v) is 3.67. The summed E-state index contributed by atoms with van der Waals surface area (Å²) in [6.45, 7) is 1.45. The predicted octanol–water partition coefficient (Wildman–Crippen LogP) is 3.33. The first-order valence-corrected chi connectivity index (χ1v) is 9.13. The summed E-state index contributed by atoms with van der Waals surface area (Å²) in [6.07, 6.45) is 2.36. The van der Waals surface area contributed by atoms with Crippen molar-refractivity contribution in [3.8, 4) is 11.5 Å². The molecule has 1 amide bonds. The summed E-state index contributed by atoms with van der Waals surface area (Å²) < 4.78 is 24.8. The first-order valence-electron chi connectivity index (χ1n) is 9.13. The molecular formula is C21H22FN3O3. The third-order valence-corrected chi connectivity index (χ3v) is 5.12. The van der Waals surface area contributed by atoms with Gasteiger partial charge in [0.15, 0.2) is 0 Å². The van der Waals surface area contributed by atoms with Crippen LogP contribution < -0.4 is 19.7 Å². The number of nitrogens with one attached hydrogen (secondary N) is 2. The smallest absolute Gasteiger partial charge is 0.253 e. The van der Waals surface area contributed by atoms with Crippen LogP contribution in [0.3, 0.4) is 0 Å². The van der Waals surface area contributed by atoms with E-state index in [1.165, 1.54) is 6.07 Å². The normalized spacial score (nSPS) is 16.4. The van der Waals surface area contributed by atoms with Gasteiger partial charge < -0.3 is 24.7 Å². The lowest BCUT2D eigenvalue weighted by molar-refractivity contribution is 0.0942. The number of halogens is 1. The molecular weight excluding hydrogens is 361 g/mol. The highest BCUT2D eigenvalue weighted by Gasteiger charge is 2.26. The Labute approximate surface area is 162 Å². The van der Waals surface area contributed by atoms with Crippen LogP contribution in [0.2, 0.25) is 0 Å². The quantitative estimate of drug-likeness (QED) is 0.709. The Morgan fingerprint density at radius 1 is 1.21 bits per heavy atom. The van der Waals surface area contributed by atoms with Crippen molar-refractivity contribution in [1.29, 1.82) is 0 Å². The van der Waals surface area contributed by atoms with Gasteiger partial charge in [-0.05, 0) is 18.6 Å². The van der Waals surface area contributed by atoms with Crippen LogP contribution >= 0.6 is 0 Å². The molecule has 1 saturated heterocycles. The molecule has 2 heterocycles. The van der Waals surface area contributed by atoms with Gasteiger partial charge in [-0.25, -0.2) is 4.39 Å². The van der Waals surface area contributed by atoms with Crippen molar-refractivity contribution < 1.29 is 18.7 Å². The molecule has 6 nitrogen and oxygen atoms in total. The van der Waals surface area contributed by atoms with Gasteiger partial charge in [0, 0.05) is 60.1 Å². The second-order valence-electron chi connectivity index (χ2n) is 6.84. The maximum atomic E-state index is 14.1. The molecule has 0 bridgehead atoms. The SMILES string of the molecule is COc1cc(OC)cc(N2CC[C@H](NC(=O)c3c[nH]c4cccc(F)c34)C2)c1. The van der Waals surface area contributed by atoms with E-state index < -0.39 is 5.82 Å². The molecule has 0 aliphatic carbocycles. The van der Waals surface area contributed by atoms with Crippen LogP contribution in [-0.2, 0) is 0 Å². The second-order valence-corrected chi connectivity index (χ2v) is 6.84. The Morgan fingerprint density at radius 3 is 2.68 bits per heavy atom. The van der Waals surface area contributed by atoms with Crippen LogP contribution in [-0.4, -0.2) is 44.2 Å². The summed E-state index contributed by atoms with van der Waals surface area (Å²) in [4.78, 5) is 17.8. The minimum Gasteiger partial charge on any atom is -0.497 e. The van der Waals surface area contributed by atoms with E-state index in [2.05, 4.69) is 15.2 Å². The number of anilines is 1. The molecule has 3 aromatic rings. The van der Waals surface area contributed by atoms with E-state index in [1.807, 2.05) is 18.2 Å². The van der Waals surface area contributed by atoms with Crippen LogP contribution in [0.15, 0.2) is 42.6 Å². The molecule has 4 rings (SSSR count). The minimum atomic E-state index is -0.402. The summed E-state index contributed by atoms with van der Waals surface area (Å²) in [5.41, 5.74) is 1.92. The van der Waals surface area contributed by atoms with Crippen molar-refractivity contribution >= 4 is 22.5 Å². The number of fused-ring (bicyclic) bond motifs is 1. The molecule has 0 radical (unpaired) electrons. The zero-order valence-electron chi connectivity index (χ0n) is 15.8. The lowest BCUT2D eigenvalue weighted by atomic mass is 10.1. The van der Waals surface area contributed by atoms with E-state index in [9.17, 15) is 9.18 Å². The molecule has 7 heteroatoms. The average molecular weight is 383 g/mol. The standard InChI is InChI=1S/C21H22FN3O3/c1-27-15-8-14(9-16(10-15)28-2)25-7-6-13(12-25)24-21(26)17-11-23-19-5-3-4-18(22)20(17)19/h3-5,8-11,13,23H,6-7,12H2,1-2H3,(H,24,26)/t13-/m0/s1. The first kappa shape index (κ1) is 18.2. The summed E-state index contributed by atoms with van der Waals surface area (Å²) in [5.74, 6) is 0.763. The van der Waals surface area contributed by atoms with Crippen LogP contribution in [0.5, 0.6) is 11.5 Å². The molecule has 0 spiro atoms. The summed E-state index contributed by atoms with van der Waals surface area (Å²) in [7, 11) is 3.23. The van der Waals surface area contributed by atoms with Crippen molar-refractivity contribution in [2.24, 2.45) is 0 Å². The number of aromatic nitrogens is 1. The third kappa shape index (κ3) is 3.35. The van der Waals surface area contributed by atoms with Gasteiger partial charge in [0.1, 0.15) is 17.3 Å². The molecule has 0 saturated carbocycles. The highest BCUT2D eigenvalue weighted by Crippen LogP contribution is 2.30. The lowest BCUT2D eigenvalue weighted by Crippen LogP contribution is -2.37. The maximum absolute atomic E-state index is 14.1. The van der Waals surface area contributed by atoms with Gasteiger partial charge in [-0.2, -0.15) is 0 Å². The summed E-state index contributed by atoms with van der Waals surface area (Å²) in [6, 6.07) is 10.4. The number of benzene rings is 2. The first-order chi connectivity index (χ1) is 13.6. The van der Waals surface area contributed by atoms with Gasteiger partial charge in [-0.15, -0.1) is 0 Å². The van der Waals surface area contributed by atoms with E-state index in [1.54, 1.807) is 32.5 Å². The fourth-order valence-electron chi connectivity index (χ4n) is 3.67. The number of hydrogen-bond donors (Lipinski definition) is 2. The Balaban J connectivity index is 1.48. The highest BCUT2D eigenvalue weighted by molar-refractivity contribution is 6.07. The number of nitrogens with zero attached hydrogens (tertiary/aromatic N) is 1. The van der Waals surface area contributed by atoms with Gasteiger partial charge in [0.05, 0.1) is 19.8 Å². The largest absolute Gasteiger partial charge is 0.497 e. The molecule has 1 aliphatic heterocycles. The molecule has 2 N–H and O–H groups in total. The van der Waals surface area contributed by atoms with Crippen molar-refractivity contribution in [1.82, 2.24) is 10.3 Å². The van der Waals surface area contributed by atoms with Gasteiger partial charge >= 0.3 is 0 Å². The minimum absolute atomic E-state index is 0.0265. The maximum Gasteiger partial charge on any atom is 0.253 e. The van der Waals surface area contributed by atoms with E-state index >= 15 is 0 Å². The van der Waals surface area contributed by atoms with Gasteiger partial charge in [0.25, 0.3) is 5.91 Å². The molecule has 146 valence electrons. The molecule has 1 fully saturated rings. The van der Waals surface area contributed by atoms with E-state index in [0.717, 1.165) is 30.2 Å². The number of carbonyl (C=O) groups excluding carboxylic acids is 1. The number of hydrogen-bond acceptors (Lipinski definition) is 4. The number of ether oxygens (including phenoxy) is 2. The van der Waals surface area contributed by atoms with Crippen molar-refractivity contribution in [3.05, 3.63) is 54.0 Å². The third-order valence-electron chi connectivity index (χ3n) is 5.12. The summed E-state index contributed by atoms with van der Waals surface area (Å²) >= 11 is 0. The van der Waals surface area contributed by atoms with E-state index in [4.69, 9.17) is 9.47 Å². The monoisotopic (exact) mass is 383 g/mol. The van der Waals surface area contributed by atoms with Gasteiger partial charge in [-0.3, -0.25) is 4.79 Å². The van der Waals surface area contributed by atoms with Crippen LogP contribution in [0, 0.1) is 5.82 Å². The summed E-state index contributed by atoms with van der Waals surface area (Å²) in [5, 5.41) is 3.35. The van der Waals surface area contributed by atoms with Crippen LogP contribution in [0.4, 0.5) is 10.1 Å². The molecule has 28 heavy (non-hydrogen) atoms. The number of carbonyl (C=O) groups is 1. The Kier molecular flexibility index (Phi) is 4.81. The molecule has 1 aliphatic rings. The Hall–Kier alpha value is -3.22.